The van der Waals surface area contributed by atoms with Crippen molar-refractivity contribution in [2.45, 2.75) is 26.8 Å². The lowest BCUT2D eigenvalue weighted by molar-refractivity contribution is 0.257. The maximum atomic E-state index is 4.22. The van der Waals surface area contributed by atoms with E-state index < -0.39 is 0 Å². The van der Waals surface area contributed by atoms with E-state index in [1.54, 1.807) is 0 Å². The fourth-order valence-electron chi connectivity index (χ4n) is 1.78. The molecule has 1 rings (SSSR count). The van der Waals surface area contributed by atoms with Crippen molar-refractivity contribution in [3.63, 3.8) is 0 Å². The van der Waals surface area contributed by atoms with Crippen molar-refractivity contribution in [1.29, 1.82) is 0 Å². The third kappa shape index (κ3) is 5.29. The van der Waals surface area contributed by atoms with E-state index in [0.29, 0.717) is 0 Å². The van der Waals surface area contributed by atoms with Gasteiger partial charge in [0.1, 0.15) is 10.7 Å². The summed E-state index contributed by atoms with van der Waals surface area (Å²) >= 11 is 1.45. The van der Waals surface area contributed by atoms with Crippen LogP contribution >= 0.6 is 11.5 Å². The molecular weight excluding hydrogens is 246 g/mol. The number of hydrogen-bond acceptors (Lipinski definition) is 6. The van der Waals surface area contributed by atoms with E-state index in [1.807, 2.05) is 0 Å². The Labute approximate surface area is 114 Å². The maximum Gasteiger partial charge on any atom is 0.134 e. The highest BCUT2D eigenvalue weighted by molar-refractivity contribution is 7.10. The quantitative estimate of drug-likeness (QED) is 0.741. The average Bonchev–Trinajstić information content (AvgIpc) is 2.75. The van der Waals surface area contributed by atoms with Crippen LogP contribution in [0.3, 0.4) is 0 Å². The van der Waals surface area contributed by atoms with Gasteiger partial charge in [0, 0.05) is 24.6 Å². The van der Waals surface area contributed by atoms with Gasteiger partial charge >= 0.3 is 0 Å². The molecule has 0 amide bonds. The Bertz CT molecular complexity index is 326. The van der Waals surface area contributed by atoms with Crippen LogP contribution in [-0.4, -0.2) is 59.7 Å². The first kappa shape index (κ1) is 15.3. The molecule has 0 saturated heterocycles. The van der Waals surface area contributed by atoms with E-state index in [-0.39, 0.29) is 0 Å². The molecule has 104 valence electrons. The van der Waals surface area contributed by atoms with Crippen molar-refractivity contribution in [3.05, 3.63) is 5.69 Å². The van der Waals surface area contributed by atoms with Gasteiger partial charge < -0.3 is 10.2 Å². The standard InChI is InChI=1S/C12H25N5S/c1-5-13-12-11(14-15-18-12)10-17(6-2)9-7-8-16(3)4/h13H,5-10H2,1-4H3. The minimum absolute atomic E-state index is 0.892. The van der Waals surface area contributed by atoms with Gasteiger partial charge in [0.05, 0.1) is 0 Å². The van der Waals surface area contributed by atoms with Crippen LogP contribution in [-0.2, 0) is 6.54 Å². The number of nitrogens with one attached hydrogen (secondary N) is 1. The molecule has 0 spiro atoms. The second-order valence-electron chi connectivity index (χ2n) is 4.60. The van der Waals surface area contributed by atoms with Gasteiger partial charge in [0.15, 0.2) is 0 Å². The molecule has 1 N–H and O–H groups in total. The lowest BCUT2D eigenvalue weighted by Gasteiger charge is -2.20. The zero-order valence-electron chi connectivity index (χ0n) is 11.9. The molecule has 0 aliphatic rings. The van der Waals surface area contributed by atoms with Gasteiger partial charge in [-0.25, -0.2) is 0 Å². The van der Waals surface area contributed by atoms with Crippen LogP contribution < -0.4 is 5.32 Å². The first-order chi connectivity index (χ1) is 8.67. The van der Waals surface area contributed by atoms with Crippen LogP contribution in [0.4, 0.5) is 5.00 Å². The second kappa shape index (κ2) is 8.39. The monoisotopic (exact) mass is 271 g/mol. The summed E-state index contributed by atoms with van der Waals surface area (Å²) in [6, 6.07) is 0. The molecule has 0 aromatic carbocycles. The van der Waals surface area contributed by atoms with Crippen LogP contribution in [0.2, 0.25) is 0 Å². The van der Waals surface area contributed by atoms with Gasteiger partial charge in [-0.05, 0) is 47.1 Å². The molecule has 0 unspecified atom stereocenters. The van der Waals surface area contributed by atoms with E-state index in [2.05, 4.69) is 52.6 Å². The zero-order valence-corrected chi connectivity index (χ0v) is 12.8. The van der Waals surface area contributed by atoms with Crippen molar-refractivity contribution >= 4 is 16.5 Å². The Hall–Kier alpha value is -0.720. The first-order valence-corrected chi connectivity index (χ1v) is 7.36. The van der Waals surface area contributed by atoms with E-state index in [0.717, 1.165) is 43.4 Å². The van der Waals surface area contributed by atoms with Gasteiger partial charge in [0.2, 0.25) is 0 Å². The van der Waals surface area contributed by atoms with Crippen LogP contribution in [0.15, 0.2) is 0 Å². The predicted molar refractivity (Wildman–Crippen MR) is 78.2 cm³/mol. The molecule has 1 aromatic heterocycles. The topological polar surface area (TPSA) is 44.3 Å². The third-order valence-electron chi connectivity index (χ3n) is 2.79. The molecule has 5 nitrogen and oxygen atoms in total. The van der Waals surface area contributed by atoms with E-state index in [1.165, 1.54) is 18.0 Å². The Balaban J connectivity index is 2.43. The molecule has 1 heterocycles. The van der Waals surface area contributed by atoms with Crippen LogP contribution in [0, 0.1) is 0 Å². The molecule has 0 atom stereocenters. The highest BCUT2D eigenvalue weighted by Crippen LogP contribution is 2.18. The minimum atomic E-state index is 0.892. The van der Waals surface area contributed by atoms with Crippen molar-refractivity contribution in [1.82, 2.24) is 19.4 Å². The van der Waals surface area contributed by atoms with Gasteiger partial charge in [0.25, 0.3) is 0 Å². The summed E-state index contributed by atoms with van der Waals surface area (Å²) in [5.41, 5.74) is 1.08. The van der Waals surface area contributed by atoms with Crippen molar-refractivity contribution < 1.29 is 0 Å². The summed E-state index contributed by atoms with van der Waals surface area (Å²) in [4.78, 5) is 4.64. The summed E-state index contributed by atoms with van der Waals surface area (Å²) in [6.07, 6.45) is 1.19. The van der Waals surface area contributed by atoms with Crippen LogP contribution in [0.1, 0.15) is 26.0 Å². The van der Waals surface area contributed by atoms with Gasteiger partial charge in [-0.3, -0.25) is 4.90 Å². The number of nitrogens with zero attached hydrogens (tertiary/aromatic N) is 4. The lowest BCUT2D eigenvalue weighted by atomic mass is 10.3. The maximum absolute atomic E-state index is 4.22. The number of anilines is 1. The second-order valence-corrected chi connectivity index (χ2v) is 5.36. The van der Waals surface area contributed by atoms with Crippen molar-refractivity contribution in [2.24, 2.45) is 0 Å². The number of rotatable bonds is 9. The molecule has 0 aliphatic carbocycles. The van der Waals surface area contributed by atoms with Gasteiger partial charge in [-0.2, -0.15) is 0 Å². The summed E-state index contributed by atoms with van der Waals surface area (Å²) in [7, 11) is 4.23. The van der Waals surface area contributed by atoms with Gasteiger partial charge in [-0.15, -0.1) is 5.10 Å². The molecule has 0 aliphatic heterocycles. The highest BCUT2D eigenvalue weighted by Gasteiger charge is 2.11. The molecule has 0 bridgehead atoms. The number of hydrogen-bond donors (Lipinski definition) is 1. The van der Waals surface area contributed by atoms with Gasteiger partial charge in [-0.1, -0.05) is 11.4 Å². The van der Waals surface area contributed by atoms with Crippen molar-refractivity contribution in [2.75, 3.05) is 45.6 Å². The Morgan fingerprint density at radius 1 is 1.22 bits per heavy atom. The largest absolute Gasteiger partial charge is 0.374 e. The fourth-order valence-corrected chi connectivity index (χ4v) is 2.42. The number of aromatic nitrogens is 2. The molecule has 1 aromatic rings. The van der Waals surface area contributed by atoms with E-state index in [9.17, 15) is 0 Å². The zero-order chi connectivity index (χ0) is 13.4. The molecule has 6 heteroatoms. The normalized spacial score (nSPS) is 11.4. The summed E-state index contributed by atoms with van der Waals surface area (Å²) in [5, 5.41) is 8.65. The summed E-state index contributed by atoms with van der Waals surface area (Å²) < 4.78 is 4.03. The predicted octanol–water partition coefficient (Wildman–Crippen LogP) is 1.74. The summed E-state index contributed by atoms with van der Waals surface area (Å²) in [5.74, 6) is 0. The van der Waals surface area contributed by atoms with Crippen LogP contribution in [0.25, 0.3) is 0 Å². The lowest BCUT2D eigenvalue weighted by Crippen LogP contribution is -2.27. The Kier molecular flexibility index (Phi) is 7.15. The molecule has 18 heavy (non-hydrogen) atoms. The molecule has 0 fully saturated rings. The molecule has 0 radical (unpaired) electrons. The smallest absolute Gasteiger partial charge is 0.134 e. The Morgan fingerprint density at radius 2 is 2.00 bits per heavy atom. The first-order valence-electron chi connectivity index (χ1n) is 6.59. The van der Waals surface area contributed by atoms with E-state index in [4.69, 9.17) is 0 Å². The third-order valence-corrected chi connectivity index (χ3v) is 3.52. The highest BCUT2D eigenvalue weighted by atomic mass is 32.1. The average molecular weight is 271 g/mol. The van der Waals surface area contributed by atoms with Crippen molar-refractivity contribution in [3.8, 4) is 0 Å². The fraction of sp³-hybridized carbons (Fsp3) is 0.833. The molecular formula is C12H25N5S. The molecule has 0 saturated carbocycles. The SMILES string of the molecule is CCNc1snnc1CN(CC)CCCN(C)C. The Morgan fingerprint density at radius 3 is 2.61 bits per heavy atom. The minimum Gasteiger partial charge on any atom is -0.374 e. The van der Waals surface area contributed by atoms with E-state index >= 15 is 0 Å². The summed E-state index contributed by atoms with van der Waals surface area (Å²) in [6.45, 7) is 9.40. The van der Waals surface area contributed by atoms with Crippen LogP contribution in [0.5, 0.6) is 0 Å².